The fourth-order valence-electron chi connectivity index (χ4n) is 3.50. The van der Waals surface area contributed by atoms with Crippen LogP contribution in [0.3, 0.4) is 0 Å². The molecule has 1 atom stereocenters. The minimum atomic E-state index is -0.252. The molecule has 0 unspecified atom stereocenters. The van der Waals surface area contributed by atoms with Crippen LogP contribution < -0.4 is 10.5 Å². The van der Waals surface area contributed by atoms with E-state index in [0.29, 0.717) is 22.9 Å². The van der Waals surface area contributed by atoms with Crippen LogP contribution >= 0.6 is 0 Å². The summed E-state index contributed by atoms with van der Waals surface area (Å²) >= 11 is 0. The molecule has 7 heteroatoms. The first-order valence-corrected chi connectivity index (χ1v) is 8.50. The average Bonchev–Trinajstić information content (AvgIpc) is 3.12. The van der Waals surface area contributed by atoms with E-state index in [1.165, 1.54) is 22.5 Å². The van der Waals surface area contributed by atoms with Crippen LogP contribution in [0.2, 0.25) is 0 Å². The molecule has 1 aliphatic heterocycles. The van der Waals surface area contributed by atoms with Crippen molar-refractivity contribution < 1.29 is 4.79 Å². The van der Waals surface area contributed by atoms with Crippen LogP contribution in [0, 0.1) is 13.8 Å². The predicted octanol–water partition coefficient (Wildman–Crippen LogP) is 2.16. The second kappa shape index (κ2) is 5.94. The van der Waals surface area contributed by atoms with Gasteiger partial charge in [-0.3, -0.25) is 14.6 Å². The van der Waals surface area contributed by atoms with Crippen LogP contribution in [0.4, 0.5) is 5.69 Å². The standard InChI is InChI=1S/C19H19N5O2/c1-11-8-17(25)22-19(21-11)24-13(3)15(10-20-24)18(26)23-12(2)9-14-6-4-5-7-16(14)23/h4-8,10,12H,9H2,1-3H3,(H,21,22,25)/t12-/m0/s1. The van der Waals surface area contributed by atoms with Gasteiger partial charge < -0.3 is 4.90 Å². The van der Waals surface area contributed by atoms with E-state index in [2.05, 4.69) is 21.1 Å². The van der Waals surface area contributed by atoms with E-state index in [1.54, 1.807) is 13.8 Å². The maximum atomic E-state index is 13.2. The van der Waals surface area contributed by atoms with Crippen molar-refractivity contribution in [3.8, 4) is 5.95 Å². The van der Waals surface area contributed by atoms with Gasteiger partial charge in [0.25, 0.3) is 11.5 Å². The van der Waals surface area contributed by atoms with E-state index in [9.17, 15) is 9.59 Å². The number of nitrogens with one attached hydrogen (secondary N) is 1. The van der Waals surface area contributed by atoms with Crippen molar-refractivity contribution in [2.75, 3.05) is 4.90 Å². The predicted molar refractivity (Wildman–Crippen MR) is 97.9 cm³/mol. The Hall–Kier alpha value is -3.22. The van der Waals surface area contributed by atoms with Gasteiger partial charge in [0.05, 0.1) is 17.5 Å². The quantitative estimate of drug-likeness (QED) is 0.768. The summed E-state index contributed by atoms with van der Waals surface area (Å²) in [6.45, 7) is 5.58. The van der Waals surface area contributed by atoms with E-state index in [0.717, 1.165) is 12.1 Å². The SMILES string of the molecule is Cc1cc(=O)[nH]c(-n2ncc(C(=O)N3c4ccccc4C[C@@H]3C)c2C)n1. The topological polar surface area (TPSA) is 83.9 Å². The van der Waals surface area contributed by atoms with Gasteiger partial charge in [-0.1, -0.05) is 18.2 Å². The van der Waals surface area contributed by atoms with Gasteiger partial charge in [0, 0.05) is 23.5 Å². The lowest BCUT2D eigenvalue weighted by molar-refractivity contribution is 0.0981. The average molecular weight is 349 g/mol. The number of carbonyl (C=O) groups excluding carboxylic acids is 1. The number of hydrogen-bond acceptors (Lipinski definition) is 4. The van der Waals surface area contributed by atoms with Crippen molar-refractivity contribution in [2.45, 2.75) is 33.2 Å². The number of aromatic amines is 1. The minimum Gasteiger partial charge on any atom is -0.305 e. The summed E-state index contributed by atoms with van der Waals surface area (Å²) in [6.07, 6.45) is 2.37. The number of anilines is 1. The maximum Gasteiger partial charge on any atom is 0.262 e. The first-order chi connectivity index (χ1) is 12.5. The molecule has 3 aromatic rings. The lowest BCUT2D eigenvalue weighted by Gasteiger charge is -2.22. The molecule has 2 aromatic heterocycles. The number of benzene rings is 1. The summed E-state index contributed by atoms with van der Waals surface area (Å²) in [6, 6.07) is 9.45. The van der Waals surface area contributed by atoms with E-state index < -0.39 is 0 Å². The fourth-order valence-corrected chi connectivity index (χ4v) is 3.50. The Morgan fingerprint density at radius 3 is 2.81 bits per heavy atom. The molecule has 4 rings (SSSR count). The van der Waals surface area contributed by atoms with Gasteiger partial charge in [-0.2, -0.15) is 5.10 Å². The van der Waals surface area contributed by atoms with Crippen molar-refractivity contribution in [3.05, 3.63) is 69.4 Å². The molecular formula is C19H19N5O2. The smallest absolute Gasteiger partial charge is 0.262 e. The third-order valence-electron chi connectivity index (χ3n) is 4.72. The summed E-state index contributed by atoms with van der Waals surface area (Å²) in [5.74, 6) is 0.211. The fraction of sp³-hybridized carbons (Fsp3) is 0.263. The Kier molecular flexibility index (Phi) is 3.72. The molecule has 1 N–H and O–H groups in total. The molecule has 0 spiro atoms. The van der Waals surface area contributed by atoms with Crippen LogP contribution in [-0.2, 0) is 6.42 Å². The monoisotopic (exact) mass is 349 g/mol. The number of aromatic nitrogens is 4. The van der Waals surface area contributed by atoms with Crippen molar-refractivity contribution in [2.24, 2.45) is 0 Å². The molecule has 0 saturated heterocycles. The Balaban J connectivity index is 1.75. The van der Waals surface area contributed by atoms with Crippen LogP contribution in [0.5, 0.6) is 0 Å². The molecule has 1 aromatic carbocycles. The summed E-state index contributed by atoms with van der Waals surface area (Å²) < 4.78 is 1.49. The van der Waals surface area contributed by atoms with Crippen LogP contribution in [0.15, 0.2) is 41.3 Å². The van der Waals surface area contributed by atoms with Crippen LogP contribution in [0.25, 0.3) is 5.95 Å². The van der Waals surface area contributed by atoms with Crippen molar-refractivity contribution in [3.63, 3.8) is 0 Å². The number of nitrogens with zero attached hydrogens (tertiary/aromatic N) is 4. The normalized spacial score (nSPS) is 16.0. The van der Waals surface area contributed by atoms with Gasteiger partial charge in [-0.05, 0) is 38.8 Å². The van der Waals surface area contributed by atoms with Crippen molar-refractivity contribution in [1.82, 2.24) is 19.7 Å². The van der Waals surface area contributed by atoms with E-state index in [1.807, 2.05) is 30.0 Å². The Morgan fingerprint density at radius 2 is 2.04 bits per heavy atom. The first-order valence-electron chi connectivity index (χ1n) is 8.50. The number of amides is 1. The highest BCUT2D eigenvalue weighted by Crippen LogP contribution is 2.33. The zero-order chi connectivity index (χ0) is 18.4. The molecule has 1 amide bonds. The second-order valence-electron chi connectivity index (χ2n) is 6.62. The first kappa shape index (κ1) is 16.3. The highest BCUT2D eigenvalue weighted by atomic mass is 16.2. The summed E-state index contributed by atoms with van der Waals surface area (Å²) in [5.41, 5.74) is 3.59. The number of rotatable bonds is 2. The van der Waals surface area contributed by atoms with Gasteiger partial charge in [-0.25, -0.2) is 9.67 Å². The molecule has 26 heavy (non-hydrogen) atoms. The molecule has 1 aliphatic rings. The Morgan fingerprint density at radius 1 is 1.27 bits per heavy atom. The summed E-state index contributed by atoms with van der Waals surface area (Å²) in [7, 11) is 0. The number of H-pyrrole nitrogens is 1. The number of fused-ring (bicyclic) bond motifs is 1. The van der Waals surface area contributed by atoms with Gasteiger partial charge in [0.1, 0.15) is 0 Å². The Labute approximate surface area is 150 Å². The molecule has 0 fully saturated rings. The molecule has 7 nitrogen and oxygen atoms in total. The second-order valence-corrected chi connectivity index (χ2v) is 6.62. The summed E-state index contributed by atoms with van der Waals surface area (Å²) in [5, 5.41) is 4.28. The summed E-state index contributed by atoms with van der Waals surface area (Å²) in [4.78, 5) is 33.7. The Bertz CT molecular complexity index is 1070. The zero-order valence-electron chi connectivity index (χ0n) is 14.9. The molecule has 3 heterocycles. The molecule has 0 bridgehead atoms. The lowest BCUT2D eigenvalue weighted by Crippen LogP contribution is -2.36. The molecule has 0 aliphatic carbocycles. The van der Waals surface area contributed by atoms with Crippen LogP contribution in [0.1, 0.15) is 34.2 Å². The highest BCUT2D eigenvalue weighted by molar-refractivity contribution is 6.08. The van der Waals surface area contributed by atoms with E-state index >= 15 is 0 Å². The van der Waals surface area contributed by atoms with Gasteiger partial charge >= 0.3 is 0 Å². The number of carbonyl (C=O) groups is 1. The van der Waals surface area contributed by atoms with E-state index in [-0.39, 0.29) is 17.5 Å². The number of para-hydroxylation sites is 1. The third kappa shape index (κ3) is 2.52. The maximum absolute atomic E-state index is 13.2. The lowest BCUT2D eigenvalue weighted by atomic mass is 10.1. The molecule has 0 saturated carbocycles. The largest absolute Gasteiger partial charge is 0.305 e. The molecule has 132 valence electrons. The van der Waals surface area contributed by atoms with Crippen molar-refractivity contribution in [1.29, 1.82) is 0 Å². The van der Waals surface area contributed by atoms with Crippen molar-refractivity contribution >= 4 is 11.6 Å². The molecule has 0 radical (unpaired) electrons. The highest BCUT2D eigenvalue weighted by Gasteiger charge is 2.33. The van der Waals surface area contributed by atoms with E-state index in [4.69, 9.17) is 0 Å². The van der Waals surface area contributed by atoms with Gasteiger partial charge in [0.15, 0.2) is 0 Å². The minimum absolute atomic E-state index is 0.0829. The number of hydrogen-bond donors (Lipinski definition) is 1. The van der Waals surface area contributed by atoms with Gasteiger partial charge in [0.2, 0.25) is 5.95 Å². The number of aryl methyl sites for hydroxylation is 1. The van der Waals surface area contributed by atoms with Gasteiger partial charge in [-0.15, -0.1) is 0 Å². The molecular weight excluding hydrogens is 330 g/mol. The zero-order valence-corrected chi connectivity index (χ0v) is 14.9. The van der Waals surface area contributed by atoms with Crippen LogP contribution in [-0.4, -0.2) is 31.7 Å². The third-order valence-corrected chi connectivity index (χ3v) is 4.72.